The normalized spacial score (nSPS) is 10.4. The molecule has 0 bridgehead atoms. The van der Waals surface area contributed by atoms with Gasteiger partial charge in [0.15, 0.2) is 5.76 Å². The van der Waals surface area contributed by atoms with E-state index in [-0.39, 0.29) is 23.2 Å². The molecule has 0 atom stereocenters. The molecule has 1 heterocycles. The molecule has 0 radical (unpaired) electrons. The first-order valence-corrected chi connectivity index (χ1v) is 8.81. The van der Waals surface area contributed by atoms with Gasteiger partial charge in [0, 0.05) is 10.7 Å². The first-order chi connectivity index (χ1) is 13.4. The van der Waals surface area contributed by atoms with E-state index < -0.39 is 11.7 Å². The number of hydrogen-bond acceptors (Lipinski definition) is 4. The monoisotopic (exact) mass is 421 g/mol. The lowest BCUT2D eigenvalue weighted by atomic mass is 10.2. The largest absolute Gasteiger partial charge is 0.459 e. The number of rotatable bonds is 6. The summed E-state index contributed by atoms with van der Waals surface area (Å²) in [6.45, 7) is -0.111. The molecule has 0 unspecified atom stereocenters. The first-order valence-electron chi connectivity index (χ1n) is 8.05. The van der Waals surface area contributed by atoms with E-state index in [4.69, 9.17) is 27.6 Å². The quantitative estimate of drug-likeness (QED) is 0.521. The Balaban J connectivity index is 1.65. The number of carbonyl (C=O) groups excluding carboxylic acids is 2. The van der Waals surface area contributed by atoms with Crippen LogP contribution in [0.25, 0.3) is 0 Å². The highest BCUT2D eigenvalue weighted by molar-refractivity contribution is 6.31. The molecule has 2 amide bonds. The second-order valence-electron chi connectivity index (χ2n) is 5.65. The fourth-order valence-electron chi connectivity index (χ4n) is 2.32. The minimum atomic E-state index is -0.573. The van der Waals surface area contributed by atoms with Crippen molar-refractivity contribution >= 4 is 52.1 Å². The Hall–Kier alpha value is -3.03. The average Bonchev–Trinajstić information content (AvgIpc) is 3.19. The number of nitrogens with one attached hydrogen (secondary N) is 3. The fraction of sp³-hybridized carbons (Fsp3) is 0.0526. The van der Waals surface area contributed by atoms with E-state index >= 15 is 0 Å². The zero-order valence-electron chi connectivity index (χ0n) is 14.3. The molecule has 9 heteroatoms. The molecule has 6 nitrogen and oxygen atoms in total. The molecule has 3 N–H and O–H groups in total. The van der Waals surface area contributed by atoms with Gasteiger partial charge < -0.3 is 20.4 Å². The molecule has 28 heavy (non-hydrogen) atoms. The molecule has 3 aromatic rings. The molecule has 1 aromatic heterocycles. The summed E-state index contributed by atoms with van der Waals surface area (Å²) in [4.78, 5) is 24.3. The third kappa shape index (κ3) is 5.03. The third-order valence-electron chi connectivity index (χ3n) is 3.62. The summed E-state index contributed by atoms with van der Waals surface area (Å²) < 4.78 is 18.2. The van der Waals surface area contributed by atoms with Crippen LogP contribution < -0.4 is 16.0 Å². The molecule has 0 fully saturated rings. The van der Waals surface area contributed by atoms with E-state index in [2.05, 4.69) is 16.0 Å². The van der Waals surface area contributed by atoms with Gasteiger partial charge in [-0.15, -0.1) is 0 Å². The second-order valence-corrected chi connectivity index (χ2v) is 6.50. The van der Waals surface area contributed by atoms with Gasteiger partial charge in [-0.3, -0.25) is 9.59 Å². The van der Waals surface area contributed by atoms with Gasteiger partial charge in [-0.2, -0.15) is 0 Å². The number of anilines is 3. The number of hydrogen-bond donors (Lipinski definition) is 3. The van der Waals surface area contributed by atoms with Crippen LogP contribution in [0.1, 0.15) is 10.6 Å². The molecule has 0 saturated heterocycles. The third-order valence-corrected chi connectivity index (χ3v) is 4.14. The summed E-state index contributed by atoms with van der Waals surface area (Å²) >= 11 is 11.7. The molecule has 144 valence electrons. The van der Waals surface area contributed by atoms with Crippen molar-refractivity contribution in [3.63, 3.8) is 0 Å². The van der Waals surface area contributed by atoms with Crippen molar-refractivity contribution in [1.29, 1.82) is 0 Å². The highest BCUT2D eigenvalue weighted by Crippen LogP contribution is 2.26. The van der Waals surface area contributed by atoms with Gasteiger partial charge >= 0.3 is 0 Å². The first kappa shape index (κ1) is 19.7. The van der Waals surface area contributed by atoms with Crippen molar-refractivity contribution in [2.45, 2.75) is 0 Å². The van der Waals surface area contributed by atoms with Gasteiger partial charge in [-0.1, -0.05) is 23.2 Å². The van der Waals surface area contributed by atoms with E-state index in [0.717, 1.165) is 6.07 Å². The lowest BCUT2D eigenvalue weighted by Crippen LogP contribution is -2.22. The predicted molar refractivity (Wildman–Crippen MR) is 107 cm³/mol. The van der Waals surface area contributed by atoms with Crippen LogP contribution >= 0.6 is 23.2 Å². The van der Waals surface area contributed by atoms with Gasteiger partial charge in [-0.25, -0.2) is 4.39 Å². The van der Waals surface area contributed by atoms with Gasteiger partial charge in [-0.05, 0) is 48.5 Å². The summed E-state index contributed by atoms with van der Waals surface area (Å²) in [5, 5.41) is 8.49. The number of carbonyl (C=O) groups is 2. The molecule has 0 aliphatic rings. The lowest BCUT2D eigenvalue weighted by molar-refractivity contribution is -0.114. The minimum Gasteiger partial charge on any atom is -0.459 e. The van der Waals surface area contributed by atoms with E-state index in [1.54, 1.807) is 24.3 Å². The van der Waals surface area contributed by atoms with E-state index in [1.165, 1.54) is 24.5 Å². The van der Waals surface area contributed by atoms with Crippen LogP contribution in [0.3, 0.4) is 0 Å². The van der Waals surface area contributed by atoms with Gasteiger partial charge in [0.1, 0.15) is 5.82 Å². The van der Waals surface area contributed by atoms with Crippen molar-refractivity contribution in [3.05, 3.63) is 76.4 Å². The Kier molecular flexibility index (Phi) is 6.18. The number of benzene rings is 2. The minimum absolute atomic E-state index is 0.0913. The highest BCUT2D eigenvalue weighted by Gasteiger charge is 2.13. The Morgan fingerprint density at radius 3 is 2.54 bits per heavy atom. The van der Waals surface area contributed by atoms with Gasteiger partial charge in [0.05, 0.1) is 29.2 Å². The van der Waals surface area contributed by atoms with E-state index in [0.29, 0.717) is 22.1 Å². The Labute approximate surface area is 169 Å². The standard InChI is InChI=1S/C19H14Cl2FN3O3/c20-11-3-6-15(16(8-11)25-19(27)17-2-1-7-28-17)23-10-18(26)24-12-4-5-14(22)13(21)9-12/h1-9,23H,10H2,(H,24,26)(H,25,27). The van der Waals surface area contributed by atoms with Gasteiger partial charge in [0.25, 0.3) is 5.91 Å². The lowest BCUT2D eigenvalue weighted by Gasteiger charge is -2.13. The zero-order chi connectivity index (χ0) is 20.1. The van der Waals surface area contributed by atoms with Crippen LogP contribution in [0, 0.1) is 5.82 Å². The highest BCUT2D eigenvalue weighted by atomic mass is 35.5. The summed E-state index contributed by atoms with van der Waals surface area (Å²) in [6.07, 6.45) is 1.39. The molecule has 0 aliphatic carbocycles. The molecular weight excluding hydrogens is 408 g/mol. The van der Waals surface area contributed by atoms with Gasteiger partial charge in [0.2, 0.25) is 5.91 Å². The summed E-state index contributed by atoms with van der Waals surface area (Å²) in [5.41, 5.74) is 1.23. The van der Waals surface area contributed by atoms with Crippen LogP contribution in [0.2, 0.25) is 10.0 Å². The predicted octanol–water partition coefficient (Wildman–Crippen LogP) is 5.03. The van der Waals surface area contributed by atoms with Crippen LogP contribution in [0.5, 0.6) is 0 Å². The summed E-state index contributed by atoms with van der Waals surface area (Å²) in [6, 6.07) is 11.8. The smallest absolute Gasteiger partial charge is 0.291 e. The maximum atomic E-state index is 13.2. The summed E-state index contributed by atoms with van der Waals surface area (Å²) in [5.74, 6) is -1.28. The maximum absolute atomic E-state index is 13.2. The fourth-order valence-corrected chi connectivity index (χ4v) is 2.67. The summed E-state index contributed by atoms with van der Waals surface area (Å²) in [7, 11) is 0. The van der Waals surface area contributed by atoms with Crippen molar-refractivity contribution in [2.24, 2.45) is 0 Å². The Morgan fingerprint density at radius 1 is 1.00 bits per heavy atom. The molecular formula is C19H14Cl2FN3O3. The average molecular weight is 422 g/mol. The van der Waals surface area contributed by atoms with Crippen molar-refractivity contribution in [2.75, 3.05) is 22.5 Å². The van der Waals surface area contributed by atoms with Crippen molar-refractivity contribution < 1.29 is 18.4 Å². The topological polar surface area (TPSA) is 83.4 Å². The number of amides is 2. The zero-order valence-corrected chi connectivity index (χ0v) is 15.8. The van der Waals surface area contributed by atoms with Crippen molar-refractivity contribution in [1.82, 2.24) is 0 Å². The van der Waals surface area contributed by atoms with Crippen LogP contribution in [-0.4, -0.2) is 18.4 Å². The van der Waals surface area contributed by atoms with Crippen LogP contribution in [0.4, 0.5) is 21.5 Å². The molecule has 0 spiro atoms. The molecule has 3 rings (SSSR count). The Bertz CT molecular complexity index is 1010. The number of halogens is 3. The number of furan rings is 1. The van der Waals surface area contributed by atoms with Crippen LogP contribution in [0.15, 0.2) is 59.2 Å². The SMILES string of the molecule is O=C(CNc1ccc(Cl)cc1NC(=O)c1ccco1)Nc1ccc(F)c(Cl)c1. The van der Waals surface area contributed by atoms with Crippen LogP contribution in [-0.2, 0) is 4.79 Å². The molecule has 2 aromatic carbocycles. The van der Waals surface area contributed by atoms with Crippen molar-refractivity contribution in [3.8, 4) is 0 Å². The Morgan fingerprint density at radius 2 is 1.82 bits per heavy atom. The second kappa shape index (κ2) is 8.77. The molecule has 0 saturated carbocycles. The van der Waals surface area contributed by atoms with E-state index in [9.17, 15) is 14.0 Å². The molecule has 0 aliphatic heterocycles. The van der Waals surface area contributed by atoms with E-state index in [1.807, 2.05) is 0 Å². The maximum Gasteiger partial charge on any atom is 0.291 e.